The van der Waals surface area contributed by atoms with Crippen molar-refractivity contribution in [1.29, 1.82) is 0 Å². The Kier molecular flexibility index (Phi) is 4.41. The first-order valence-corrected chi connectivity index (χ1v) is 7.95. The summed E-state index contributed by atoms with van der Waals surface area (Å²) in [4.78, 5) is 0. The Morgan fingerprint density at radius 3 is 2.47 bits per heavy atom. The summed E-state index contributed by atoms with van der Waals surface area (Å²) in [5, 5.41) is 9.39. The van der Waals surface area contributed by atoms with Gasteiger partial charge in [0, 0.05) is 19.6 Å². The zero-order chi connectivity index (χ0) is 12.3. The number of nitrogens with one attached hydrogen (secondary N) is 1. The molecule has 0 aromatic rings. The van der Waals surface area contributed by atoms with E-state index in [-0.39, 0.29) is 6.10 Å². The monoisotopic (exact) mass is 262 g/mol. The lowest BCUT2D eigenvalue weighted by atomic mass is 10.1. The van der Waals surface area contributed by atoms with Crippen molar-refractivity contribution in [3.05, 3.63) is 0 Å². The standard InChI is InChI=1S/C11H22N2O3S/c14-11-5-4-10(8-11)9-12-17(15,16)13-6-2-1-3-7-13/h10-12,14H,1-9H2. The molecule has 1 aliphatic carbocycles. The molecule has 2 rings (SSSR count). The molecule has 100 valence electrons. The van der Waals surface area contributed by atoms with Gasteiger partial charge in [-0.2, -0.15) is 12.7 Å². The molecule has 1 saturated carbocycles. The average molecular weight is 262 g/mol. The fraction of sp³-hybridized carbons (Fsp3) is 1.00. The van der Waals surface area contributed by atoms with E-state index < -0.39 is 10.2 Å². The van der Waals surface area contributed by atoms with E-state index in [0.717, 1.165) is 38.5 Å². The molecule has 0 amide bonds. The minimum absolute atomic E-state index is 0.237. The van der Waals surface area contributed by atoms with Gasteiger partial charge in [0.1, 0.15) is 0 Å². The van der Waals surface area contributed by atoms with Crippen LogP contribution in [0.25, 0.3) is 0 Å². The van der Waals surface area contributed by atoms with Crippen molar-refractivity contribution in [2.75, 3.05) is 19.6 Å². The van der Waals surface area contributed by atoms with Gasteiger partial charge in [-0.05, 0) is 38.0 Å². The van der Waals surface area contributed by atoms with Gasteiger partial charge in [0.05, 0.1) is 6.10 Å². The van der Waals surface area contributed by atoms with E-state index >= 15 is 0 Å². The molecular formula is C11H22N2O3S. The van der Waals surface area contributed by atoms with Crippen molar-refractivity contribution in [3.8, 4) is 0 Å². The summed E-state index contributed by atoms with van der Waals surface area (Å²) >= 11 is 0. The lowest BCUT2D eigenvalue weighted by Crippen LogP contribution is -2.44. The maximum atomic E-state index is 12.0. The molecule has 2 fully saturated rings. The molecule has 1 heterocycles. The van der Waals surface area contributed by atoms with Crippen LogP contribution in [0.1, 0.15) is 38.5 Å². The Morgan fingerprint density at radius 1 is 1.18 bits per heavy atom. The molecule has 0 bridgehead atoms. The van der Waals surface area contributed by atoms with Crippen LogP contribution in [-0.2, 0) is 10.2 Å². The Balaban J connectivity index is 1.80. The molecule has 1 aliphatic heterocycles. The van der Waals surface area contributed by atoms with E-state index in [1.54, 1.807) is 4.31 Å². The molecule has 0 aromatic heterocycles. The van der Waals surface area contributed by atoms with Gasteiger partial charge in [0.15, 0.2) is 0 Å². The zero-order valence-corrected chi connectivity index (χ0v) is 11.0. The van der Waals surface area contributed by atoms with E-state index in [1.807, 2.05) is 0 Å². The second-order valence-corrected chi connectivity index (χ2v) is 6.90. The molecule has 17 heavy (non-hydrogen) atoms. The van der Waals surface area contributed by atoms with Gasteiger partial charge in [0.25, 0.3) is 10.2 Å². The van der Waals surface area contributed by atoms with E-state index in [9.17, 15) is 13.5 Å². The van der Waals surface area contributed by atoms with Crippen LogP contribution in [0.4, 0.5) is 0 Å². The van der Waals surface area contributed by atoms with Crippen molar-refractivity contribution >= 4 is 10.2 Å². The minimum Gasteiger partial charge on any atom is -0.393 e. The Hall–Kier alpha value is -0.170. The maximum absolute atomic E-state index is 12.0. The molecule has 2 aliphatic rings. The first-order valence-electron chi connectivity index (χ1n) is 6.51. The average Bonchev–Trinajstić information content (AvgIpc) is 2.74. The number of aliphatic hydroxyl groups excluding tert-OH is 1. The predicted octanol–water partition coefficient (Wildman–Crippen LogP) is 0.468. The highest BCUT2D eigenvalue weighted by Gasteiger charge is 2.27. The Labute approximate surface area is 103 Å². The summed E-state index contributed by atoms with van der Waals surface area (Å²) in [6, 6.07) is 0. The molecule has 0 radical (unpaired) electrons. The number of nitrogens with zero attached hydrogens (tertiary/aromatic N) is 1. The van der Waals surface area contributed by atoms with Crippen molar-refractivity contribution in [2.45, 2.75) is 44.6 Å². The maximum Gasteiger partial charge on any atom is 0.279 e. The molecule has 2 atom stereocenters. The van der Waals surface area contributed by atoms with Gasteiger partial charge in [-0.3, -0.25) is 0 Å². The van der Waals surface area contributed by atoms with Crippen LogP contribution < -0.4 is 4.72 Å². The summed E-state index contributed by atoms with van der Waals surface area (Å²) in [5.41, 5.74) is 0. The van der Waals surface area contributed by atoms with Gasteiger partial charge in [0.2, 0.25) is 0 Å². The molecule has 1 saturated heterocycles. The van der Waals surface area contributed by atoms with Gasteiger partial charge in [-0.15, -0.1) is 0 Å². The fourth-order valence-corrected chi connectivity index (χ4v) is 4.02. The minimum atomic E-state index is -3.29. The molecule has 2 unspecified atom stereocenters. The van der Waals surface area contributed by atoms with Crippen LogP contribution >= 0.6 is 0 Å². The molecule has 0 spiro atoms. The zero-order valence-electron chi connectivity index (χ0n) is 10.1. The van der Waals surface area contributed by atoms with Crippen LogP contribution in [0.3, 0.4) is 0 Å². The number of aliphatic hydroxyl groups is 1. The lowest BCUT2D eigenvalue weighted by Gasteiger charge is -2.26. The summed E-state index contributed by atoms with van der Waals surface area (Å²) in [7, 11) is -3.29. The van der Waals surface area contributed by atoms with Crippen molar-refractivity contribution in [3.63, 3.8) is 0 Å². The van der Waals surface area contributed by atoms with Gasteiger partial charge < -0.3 is 5.11 Å². The van der Waals surface area contributed by atoms with E-state index in [0.29, 0.717) is 25.6 Å². The fourth-order valence-electron chi connectivity index (χ4n) is 2.65. The first kappa shape index (κ1) is 13.3. The third-order valence-corrected chi connectivity index (χ3v) is 5.30. The lowest BCUT2D eigenvalue weighted by molar-refractivity contribution is 0.177. The quantitative estimate of drug-likeness (QED) is 0.773. The highest BCUT2D eigenvalue weighted by atomic mass is 32.2. The molecule has 2 N–H and O–H groups in total. The Bertz CT molecular complexity index is 339. The molecule has 6 heteroatoms. The highest BCUT2D eigenvalue weighted by Crippen LogP contribution is 2.25. The van der Waals surface area contributed by atoms with Crippen molar-refractivity contribution < 1.29 is 13.5 Å². The van der Waals surface area contributed by atoms with E-state index in [1.165, 1.54) is 0 Å². The summed E-state index contributed by atoms with van der Waals surface area (Å²) in [6.45, 7) is 1.75. The molecule has 5 nitrogen and oxygen atoms in total. The summed E-state index contributed by atoms with van der Waals surface area (Å²) < 4.78 is 28.2. The largest absolute Gasteiger partial charge is 0.393 e. The Morgan fingerprint density at radius 2 is 1.88 bits per heavy atom. The van der Waals surface area contributed by atoms with Crippen molar-refractivity contribution in [2.24, 2.45) is 5.92 Å². The smallest absolute Gasteiger partial charge is 0.279 e. The van der Waals surface area contributed by atoms with Crippen LogP contribution in [0.15, 0.2) is 0 Å². The summed E-state index contributed by atoms with van der Waals surface area (Å²) in [5.74, 6) is 0.296. The van der Waals surface area contributed by atoms with E-state index in [4.69, 9.17) is 0 Å². The van der Waals surface area contributed by atoms with Crippen LogP contribution in [0, 0.1) is 5.92 Å². The van der Waals surface area contributed by atoms with Crippen molar-refractivity contribution in [1.82, 2.24) is 9.03 Å². The predicted molar refractivity (Wildman–Crippen MR) is 65.7 cm³/mol. The highest BCUT2D eigenvalue weighted by molar-refractivity contribution is 7.87. The van der Waals surface area contributed by atoms with E-state index in [2.05, 4.69) is 4.72 Å². The van der Waals surface area contributed by atoms with Gasteiger partial charge >= 0.3 is 0 Å². The molecular weight excluding hydrogens is 240 g/mol. The van der Waals surface area contributed by atoms with Gasteiger partial charge in [-0.25, -0.2) is 4.72 Å². The second kappa shape index (κ2) is 5.65. The number of rotatable bonds is 4. The van der Waals surface area contributed by atoms with Crippen LogP contribution in [-0.4, -0.2) is 43.6 Å². The van der Waals surface area contributed by atoms with Gasteiger partial charge in [-0.1, -0.05) is 6.42 Å². The number of hydrogen-bond donors (Lipinski definition) is 2. The number of hydrogen-bond acceptors (Lipinski definition) is 3. The topological polar surface area (TPSA) is 69.6 Å². The second-order valence-electron chi connectivity index (χ2n) is 5.15. The number of piperidine rings is 1. The summed E-state index contributed by atoms with van der Waals surface area (Å²) in [6.07, 6.45) is 5.26. The van der Waals surface area contributed by atoms with Crippen LogP contribution in [0.2, 0.25) is 0 Å². The normalized spacial score (nSPS) is 31.8. The third-order valence-electron chi connectivity index (χ3n) is 3.72. The third kappa shape index (κ3) is 3.64. The first-order chi connectivity index (χ1) is 8.08. The molecule has 0 aromatic carbocycles. The van der Waals surface area contributed by atoms with Crippen LogP contribution in [0.5, 0.6) is 0 Å². The SMILES string of the molecule is O=S(=O)(NCC1CCC(O)C1)N1CCCCC1.